The molecule has 0 spiro atoms. The van der Waals surface area contributed by atoms with Gasteiger partial charge in [0.25, 0.3) is 0 Å². The van der Waals surface area contributed by atoms with E-state index in [1.165, 1.54) is 0 Å². The van der Waals surface area contributed by atoms with Gasteiger partial charge in [-0.25, -0.2) is 4.98 Å². The van der Waals surface area contributed by atoms with Gasteiger partial charge in [-0.2, -0.15) is 0 Å². The van der Waals surface area contributed by atoms with Crippen molar-refractivity contribution in [2.24, 2.45) is 0 Å². The van der Waals surface area contributed by atoms with E-state index in [0.717, 1.165) is 25.3 Å². The van der Waals surface area contributed by atoms with E-state index in [-0.39, 0.29) is 0 Å². The number of halogens is 1. The highest BCUT2D eigenvalue weighted by Crippen LogP contribution is 2.16. The molecule has 1 N–H and O–H groups in total. The average Bonchev–Trinajstić information content (AvgIpc) is 2.19. The highest BCUT2D eigenvalue weighted by Gasteiger charge is 2.03. The zero-order valence-electron chi connectivity index (χ0n) is 8.63. The summed E-state index contributed by atoms with van der Waals surface area (Å²) in [5.74, 6) is 0. The summed E-state index contributed by atoms with van der Waals surface area (Å²) in [4.78, 5) is 6.21. The van der Waals surface area contributed by atoms with E-state index in [1.807, 2.05) is 19.2 Å². The van der Waals surface area contributed by atoms with Crippen LogP contribution in [0.25, 0.3) is 0 Å². The Morgan fingerprint density at radius 1 is 1.57 bits per heavy atom. The second-order valence-corrected chi connectivity index (χ2v) is 3.41. The minimum atomic E-state index is 0.547. The molecule has 4 heteroatoms. The molecule has 0 saturated carbocycles. The number of aromatic nitrogens is 1. The van der Waals surface area contributed by atoms with Crippen LogP contribution in [0.3, 0.4) is 0 Å². The molecule has 0 saturated heterocycles. The third kappa shape index (κ3) is 3.16. The highest BCUT2D eigenvalue weighted by atomic mass is 35.5. The first-order valence-corrected chi connectivity index (χ1v) is 5.16. The first-order chi connectivity index (χ1) is 6.77. The number of rotatable bonds is 5. The van der Waals surface area contributed by atoms with Gasteiger partial charge in [-0.05, 0) is 26.1 Å². The van der Waals surface area contributed by atoms with Crippen LogP contribution in [0.5, 0.6) is 0 Å². The highest BCUT2D eigenvalue weighted by molar-refractivity contribution is 6.29. The predicted octanol–water partition coefficient (Wildman–Crippen LogP) is 1.78. The fourth-order valence-electron chi connectivity index (χ4n) is 1.31. The van der Waals surface area contributed by atoms with E-state index in [1.54, 1.807) is 6.20 Å². The molecule has 3 nitrogen and oxygen atoms in total. The predicted molar refractivity (Wildman–Crippen MR) is 61.1 cm³/mol. The van der Waals surface area contributed by atoms with Crippen LogP contribution >= 0.6 is 11.6 Å². The average molecular weight is 214 g/mol. The lowest BCUT2D eigenvalue weighted by molar-refractivity contribution is 0.736. The number of likely N-dealkylation sites (N-methyl/N-ethyl adjacent to an activating group) is 2. The Hall–Kier alpha value is -0.800. The van der Waals surface area contributed by atoms with E-state index in [4.69, 9.17) is 11.6 Å². The number of nitrogens with one attached hydrogen (secondary N) is 1. The second-order valence-electron chi connectivity index (χ2n) is 3.02. The summed E-state index contributed by atoms with van der Waals surface area (Å²) in [6.45, 7) is 5.05. The van der Waals surface area contributed by atoms with Gasteiger partial charge in [-0.1, -0.05) is 11.6 Å². The van der Waals surface area contributed by atoms with Crippen molar-refractivity contribution in [2.75, 3.05) is 31.6 Å². The van der Waals surface area contributed by atoms with Crippen molar-refractivity contribution >= 4 is 17.3 Å². The molecule has 1 aromatic heterocycles. The fourth-order valence-corrected chi connectivity index (χ4v) is 1.47. The standard InChI is InChI=1S/C10H16ClN3/c1-3-14(7-6-12-2)9-4-5-13-10(11)8-9/h4-5,8,12H,3,6-7H2,1-2H3. The van der Waals surface area contributed by atoms with E-state index in [2.05, 4.69) is 22.1 Å². The first kappa shape index (κ1) is 11.3. The van der Waals surface area contributed by atoms with Crippen LogP contribution in [0.2, 0.25) is 5.15 Å². The number of hydrogen-bond acceptors (Lipinski definition) is 3. The molecule has 0 bridgehead atoms. The summed E-state index contributed by atoms with van der Waals surface area (Å²) < 4.78 is 0. The topological polar surface area (TPSA) is 28.2 Å². The molecule has 0 fully saturated rings. The van der Waals surface area contributed by atoms with Gasteiger partial charge in [0.1, 0.15) is 5.15 Å². The van der Waals surface area contributed by atoms with Crippen LogP contribution in [0.1, 0.15) is 6.92 Å². The molecular formula is C10H16ClN3. The minimum Gasteiger partial charge on any atom is -0.370 e. The first-order valence-electron chi connectivity index (χ1n) is 4.79. The number of nitrogens with zero attached hydrogens (tertiary/aromatic N) is 2. The van der Waals surface area contributed by atoms with E-state index in [0.29, 0.717) is 5.15 Å². The summed E-state index contributed by atoms with van der Waals surface area (Å²) in [6.07, 6.45) is 1.74. The van der Waals surface area contributed by atoms with E-state index in [9.17, 15) is 0 Å². The van der Waals surface area contributed by atoms with Crippen molar-refractivity contribution in [2.45, 2.75) is 6.92 Å². The third-order valence-corrected chi connectivity index (χ3v) is 2.30. The van der Waals surface area contributed by atoms with Crippen molar-refractivity contribution in [3.05, 3.63) is 23.5 Å². The minimum absolute atomic E-state index is 0.547. The second kappa shape index (κ2) is 5.83. The van der Waals surface area contributed by atoms with Gasteiger partial charge >= 0.3 is 0 Å². The van der Waals surface area contributed by atoms with Crippen molar-refractivity contribution in [1.82, 2.24) is 10.3 Å². The summed E-state index contributed by atoms with van der Waals surface area (Å²) in [6, 6.07) is 3.87. The lowest BCUT2D eigenvalue weighted by Crippen LogP contribution is -2.30. The molecule has 0 aromatic carbocycles. The van der Waals surface area contributed by atoms with Gasteiger partial charge < -0.3 is 10.2 Å². The van der Waals surface area contributed by atoms with Crippen LogP contribution in [0.4, 0.5) is 5.69 Å². The maximum Gasteiger partial charge on any atom is 0.131 e. The van der Waals surface area contributed by atoms with Crippen molar-refractivity contribution in [3.8, 4) is 0 Å². The molecule has 1 aromatic rings. The largest absolute Gasteiger partial charge is 0.370 e. The molecule has 0 unspecified atom stereocenters. The summed E-state index contributed by atoms with van der Waals surface area (Å²) in [5.41, 5.74) is 1.13. The Labute approximate surface area is 90.1 Å². The molecule has 14 heavy (non-hydrogen) atoms. The smallest absolute Gasteiger partial charge is 0.131 e. The Morgan fingerprint density at radius 3 is 2.93 bits per heavy atom. The van der Waals surface area contributed by atoms with Crippen LogP contribution in [-0.4, -0.2) is 31.7 Å². The normalized spacial score (nSPS) is 10.2. The zero-order chi connectivity index (χ0) is 10.4. The van der Waals surface area contributed by atoms with Crippen LogP contribution < -0.4 is 10.2 Å². The van der Waals surface area contributed by atoms with E-state index >= 15 is 0 Å². The molecule has 0 atom stereocenters. The SMILES string of the molecule is CCN(CCNC)c1ccnc(Cl)c1. The Kier molecular flexibility index (Phi) is 4.70. The molecule has 0 aliphatic heterocycles. The fraction of sp³-hybridized carbons (Fsp3) is 0.500. The van der Waals surface area contributed by atoms with Gasteiger partial charge in [-0.3, -0.25) is 0 Å². The van der Waals surface area contributed by atoms with Gasteiger partial charge in [0, 0.05) is 31.5 Å². The molecule has 0 amide bonds. The Balaban J connectivity index is 2.68. The molecular weight excluding hydrogens is 198 g/mol. The van der Waals surface area contributed by atoms with Crippen molar-refractivity contribution < 1.29 is 0 Å². The van der Waals surface area contributed by atoms with E-state index < -0.39 is 0 Å². The zero-order valence-corrected chi connectivity index (χ0v) is 9.38. The number of hydrogen-bond donors (Lipinski definition) is 1. The van der Waals surface area contributed by atoms with Crippen LogP contribution in [0, 0.1) is 0 Å². The van der Waals surface area contributed by atoms with Gasteiger partial charge in [0.2, 0.25) is 0 Å². The molecule has 0 radical (unpaired) electrons. The van der Waals surface area contributed by atoms with Gasteiger partial charge in [0.15, 0.2) is 0 Å². The lowest BCUT2D eigenvalue weighted by Gasteiger charge is -2.22. The monoisotopic (exact) mass is 213 g/mol. The van der Waals surface area contributed by atoms with Gasteiger partial charge in [0.05, 0.1) is 0 Å². The van der Waals surface area contributed by atoms with Crippen molar-refractivity contribution in [1.29, 1.82) is 0 Å². The van der Waals surface area contributed by atoms with Gasteiger partial charge in [-0.15, -0.1) is 0 Å². The number of anilines is 1. The van der Waals surface area contributed by atoms with Crippen LogP contribution in [-0.2, 0) is 0 Å². The Morgan fingerprint density at radius 2 is 2.36 bits per heavy atom. The van der Waals surface area contributed by atoms with Crippen LogP contribution in [0.15, 0.2) is 18.3 Å². The Bertz CT molecular complexity index is 278. The molecule has 78 valence electrons. The quantitative estimate of drug-likeness (QED) is 0.756. The maximum atomic E-state index is 5.83. The third-order valence-electron chi connectivity index (χ3n) is 2.09. The maximum absolute atomic E-state index is 5.83. The summed E-state index contributed by atoms with van der Waals surface area (Å²) in [5, 5.41) is 3.67. The lowest BCUT2D eigenvalue weighted by atomic mass is 10.3. The van der Waals surface area contributed by atoms with Crippen molar-refractivity contribution in [3.63, 3.8) is 0 Å². The molecule has 1 rings (SSSR count). The summed E-state index contributed by atoms with van der Waals surface area (Å²) in [7, 11) is 1.95. The number of pyridine rings is 1. The summed E-state index contributed by atoms with van der Waals surface area (Å²) >= 11 is 5.83. The molecule has 0 aliphatic carbocycles. The molecule has 0 aliphatic rings. The molecule has 1 heterocycles.